The number of benzene rings is 5. The van der Waals surface area contributed by atoms with E-state index in [0.717, 1.165) is 11.1 Å². The fourth-order valence-electron chi connectivity index (χ4n) is 9.94. The Kier molecular flexibility index (Phi) is 24.9. The van der Waals surface area contributed by atoms with Gasteiger partial charge in [0, 0.05) is 97.4 Å². The van der Waals surface area contributed by atoms with Crippen molar-refractivity contribution in [2.75, 3.05) is 6.61 Å². The van der Waals surface area contributed by atoms with Gasteiger partial charge in [-0.15, -0.1) is 34.0 Å². The standard InChI is InChI=1S/C25H22ClFN4O2S.C23H20ClFN4OS.C17H15ClFN3O2S.C2H3ClO/c1-14(17-7-5-4-6-8-17)29-24(33)21-15(2)31(16(3)32)23(25-28-11-12-34-25)30-22(21)19-10-9-18(27)13-20(19)26;1-13(15-6-4-3-5-7-15)28-22(30)19-14(2)27-21(23-26-10-11-31-23)29-20(19)17-9-8-16(25)12-18(17)24;1-3-24-17(23)13-9(2)21-15(16-20-6-7-25-16)22-14(13)11-5-4-10(19)8-12(11)18;1-2(3)4/h4-14,22H,1-3H3,(H,29,33);3-13,20H,1-2H3,(H,27,29)(H,28,30);4-8,14H,3H2,1-2H3,(H,21,22);1H3/t14-,22+;13-,20+;14-;/m110./s1. The number of nitrogens with zero attached hydrogens (tertiary/aromatic N) is 7. The molecular weight excluding hydrogens is 1350 g/mol. The number of carbonyl (C=O) groups excluding carboxylic acids is 5. The number of hydrogen-bond acceptors (Lipinski definition) is 17. The van der Waals surface area contributed by atoms with Gasteiger partial charge < -0.3 is 26.0 Å². The van der Waals surface area contributed by atoms with Crippen LogP contribution in [0.15, 0.2) is 199 Å². The van der Waals surface area contributed by atoms with Crippen molar-refractivity contribution in [1.82, 2.24) is 41.1 Å². The van der Waals surface area contributed by atoms with Crippen molar-refractivity contribution in [1.29, 1.82) is 0 Å². The number of amides is 3. The highest BCUT2D eigenvalue weighted by molar-refractivity contribution is 7.12. The molecule has 27 heteroatoms. The van der Waals surface area contributed by atoms with E-state index in [1.54, 1.807) is 50.8 Å². The molecule has 3 amide bonds. The number of carbonyl (C=O) groups is 5. The van der Waals surface area contributed by atoms with Crippen molar-refractivity contribution in [2.24, 2.45) is 15.0 Å². The van der Waals surface area contributed by atoms with Crippen molar-refractivity contribution in [3.8, 4) is 0 Å². The van der Waals surface area contributed by atoms with Gasteiger partial charge in [0.2, 0.25) is 11.1 Å². The van der Waals surface area contributed by atoms with Crippen LogP contribution in [-0.4, -0.2) is 72.9 Å². The first kappa shape index (κ1) is 71.2. The first-order valence-corrected chi connectivity index (χ1v) is 32.9. The van der Waals surface area contributed by atoms with Gasteiger partial charge in [0.05, 0.1) is 35.4 Å². The van der Waals surface area contributed by atoms with E-state index in [-0.39, 0.29) is 56.4 Å². The number of rotatable bonds is 14. The van der Waals surface area contributed by atoms with E-state index in [4.69, 9.17) is 49.5 Å². The molecular formula is C67H60Cl4F3N11O6S3. The Morgan fingerprint density at radius 1 is 0.564 bits per heavy atom. The third-order valence-electron chi connectivity index (χ3n) is 14.2. The second-order valence-corrected chi connectivity index (χ2v) is 25.1. The van der Waals surface area contributed by atoms with Gasteiger partial charge in [-0.1, -0.05) is 114 Å². The highest BCUT2D eigenvalue weighted by atomic mass is 35.5. The van der Waals surface area contributed by atoms with Crippen molar-refractivity contribution in [2.45, 2.75) is 85.6 Å². The lowest BCUT2D eigenvalue weighted by atomic mass is 9.94. The van der Waals surface area contributed by atoms with Crippen LogP contribution in [0.1, 0.15) is 128 Å². The molecule has 0 spiro atoms. The number of nitrogens with one attached hydrogen (secondary N) is 4. The second kappa shape index (κ2) is 32.9. The molecule has 8 aromatic rings. The van der Waals surface area contributed by atoms with Crippen LogP contribution in [0.4, 0.5) is 13.2 Å². The molecule has 3 aliphatic rings. The van der Waals surface area contributed by atoms with Crippen molar-refractivity contribution >= 4 is 127 Å². The Hall–Kier alpha value is -8.68. The second-order valence-electron chi connectivity index (χ2n) is 20.7. The third-order valence-corrected chi connectivity index (χ3v) is 17.5. The van der Waals surface area contributed by atoms with E-state index in [1.165, 1.54) is 101 Å². The van der Waals surface area contributed by atoms with E-state index in [2.05, 4.69) is 52.8 Å². The van der Waals surface area contributed by atoms with Crippen LogP contribution < -0.4 is 21.3 Å². The molecule has 94 heavy (non-hydrogen) atoms. The van der Waals surface area contributed by atoms with E-state index in [0.29, 0.717) is 77.5 Å². The minimum Gasteiger partial charge on any atom is -0.463 e. The molecule has 0 aliphatic carbocycles. The normalized spacial score (nSPS) is 16.5. The number of ether oxygens (including phenoxy) is 1. The number of thiazole rings is 3. The molecule has 17 nitrogen and oxygen atoms in total. The van der Waals surface area contributed by atoms with Crippen molar-refractivity contribution < 1.29 is 41.9 Å². The zero-order valence-corrected chi connectivity index (χ0v) is 57.0. The van der Waals surface area contributed by atoms with Crippen LogP contribution in [0.25, 0.3) is 0 Å². The van der Waals surface area contributed by atoms with E-state index in [1.807, 2.05) is 92.2 Å². The first-order chi connectivity index (χ1) is 44.9. The van der Waals surface area contributed by atoms with Crippen LogP contribution in [0.3, 0.4) is 0 Å². The Balaban J connectivity index is 0.000000177. The van der Waals surface area contributed by atoms with Crippen LogP contribution in [0, 0.1) is 17.5 Å². The monoisotopic (exact) mass is 1410 g/mol. The molecule has 11 rings (SSSR count). The maximum absolute atomic E-state index is 13.8. The predicted octanol–water partition coefficient (Wildman–Crippen LogP) is 15.3. The van der Waals surface area contributed by atoms with Gasteiger partial charge in [0.25, 0.3) is 11.8 Å². The molecule has 0 fully saturated rings. The Labute approximate surface area is 572 Å². The number of aromatic nitrogens is 3. The van der Waals surface area contributed by atoms with Crippen molar-refractivity contribution in [3.05, 3.63) is 259 Å². The van der Waals surface area contributed by atoms with Gasteiger partial charge in [-0.05, 0) is 101 Å². The largest absolute Gasteiger partial charge is 0.463 e. The molecule has 4 N–H and O–H groups in total. The highest BCUT2D eigenvalue weighted by Crippen LogP contribution is 2.41. The maximum Gasteiger partial charge on any atom is 0.338 e. The lowest BCUT2D eigenvalue weighted by Gasteiger charge is -2.33. The van der Waals surface area contributed by atoms with E-state index >= 15 is 0 Å². The summed E-state index contributed by atoms with van der Waals surface area (Å²) in [5, 5.41) is 19.9. The van der Waals surface area contributed by atoms with Gasteiger partial charge in [0.1, 0.15) is 35.6 Å². The first-order valence-electron chi connectivity index (χ1n) is 28.8. The lowest BCUT2D eigenvalue weighted by Crippen LogP contribution is -2.42. The number of hydrogen-bond donors (Lipinski definition) is 4. The summed E-state index contributed by atoms with van der Waals surface area (Å²) in [4.78, 5) is 89.6. The highest BCUT2D eigenvalue weighted by Gasteiger charge is 2.39. The fraction of sp³-hybridized carbons (Fsp3) is 0.209. The predicted molar refractivity (Wildman–Crippen MR) is 364 cm³/mol. The van der Waals surface area contributed by atoms with Crippen LogP contribution in [-0.2, 0) is 28.7 Å². The summed E-state index contributed by atoms with van der Waals surface area (Å²) in [6.07, 6.45) is 4.97. The topological polar surface area (TPSA) is 222 Å². The summed E-state index contributed by atoms with van der Waals surface area (Å²) in [6, 6.07) is 28.6. The summed E-state index contributed by atoms with van der Waals surface area (Å²) >= 11 is 27.8. The zero-order valence-electron chi connectivity index (χ0n) is 51.5. The van der Waals surface area contributed by atoms with Crippen LogP contribution in [0.2, 0.25) is 15.1 Å². The van der Waals surface area contributed by atoms with E-state index in [9.17, 15) is 37.1 Å². The molecule has 0 bridgehead atoms. The number of esters is 1. The third kappa shape index (κ3) is 17.8. The fourth-order valence-corrected chi connectivity index (χ4v) is 12.6. The molecule has 0 radical (unpaired) electrons. The van der Waals surface area contributed by atoms with Gasteiger partial charge >= 0.3 is 5.97 Å². The smallest absolute Gasteiger partial charge is 0.338 e. The van der Waals surface area contributed by atoms with Gasteiger partial charge in [-0.3, -0.25) is 39.1 Å². The minimum atomic E-state index is -0.856. The molecule has 0 unspecified atom stereocenters. The quantitative estimate of drug-likeness (QED) is 0.0592. The average molecular weight is 1410 g/mol. The van der Waals surface area contributed by atoms with Gasteiger partial charge in [-0.25, -0.2) is 32.9 Å². The summed E-state index contributed by atoms with van der Waals surface area (Å²) in [7, 11) is 0. The van der Waals surface area contributed by atoms with Gasteiger partial charge in [0.15, 0.2) is 32.5 Å². The van der Waals surface area contributed by atoms with Gasteiger partial charge in [-0.2, -0.15) is 0 Å². The Morgan fingerprint density at radius 3 is 1.31 bits per heavy atom. The SMILES string of the molecule is CC(=O)Cl.CC(=O)N1C(c2nccs2)=N[C@@H](c2ccc(F)cc2Cl)C(C(=O)N[C@H](C)c2ccccc2)=C1C.CC1=C(C(=O)N[C@H](C)c2ccccc2)[C@H](c2ccc(F)cc2Cl)N=C(c2nccs2)N1.CCOC(=O)C1=C(C)NC(c2nccs2)=N[C@H]1c1ccc(F)cc1Cl. The van der Waals surface area contributed by atoms with Crippen LogP contribution >= 0.6 is 80.4 Å². The number of aliphatic imine (C=N–C) groups is 3. The zero-order chi connectivity index (χ0) is 67.9. The molecule has 6 heterocycles. The maximum atomic E-state index is 13.8. The van der Waals surface area contributed by atoms with E-state index < -0.39 is 47.5 Å². The Morgan fingerprint density at radius 2 is 0.936 bits per heavy atom. The molecule has 0 saturated carbocycles. The van der Waals surface area contributed by atoms with Crippen molar-refractivity contribution in [3.63, 3.8) is 0 Å². The lowest BCUT2D eigenvalue weighted by molar-refractivity contribution is -0.139. The summed E-state index contributed by atoms with van der Waals surface area (Å²) in [5.74, 6) is -1.46. The number of halogens is 7. The Bertz CT molecular complexity index is 4270. The number of amidine groups is 3. The summed E-state index contributed by atoms with van der Waals surface area (Å²) in [6.45, 7) is 13.7. The summed E-state index contributed by atoms with van der Waals surface area (Å²) < 4.78 is 46.1. The molecule has 5 atom stereocenters. The molecule has 486 valence electrons. The molecule has 0 saturated heterocycles. The average Bonchev–Trinajstić information content (AvgIpc) is 0.953. The molecule has 5 aromatic carbocycles. The van der Waals surface area contributed by atoms with Crippen LogP contribution in [0.5, 0.6) is 0 Å². The molecule has 3 aliphatic heterocycles. The minimum absolute atomic E-state index is 0.137. The number of allylic oxidation sites excluding steroid dienone is 3. The summed E-state index contributed by atoms with van der Waals surface area (Å²) in [5.41, 5.74) is 6.13. The molecule has 3 aromatic heterocycles.